The molecule has 35 heavy (non-hydrogen) atoms. The van der Waals surface area contributed by atoms with E-state index in [0.717, 1.165) is 4.90 Å². The number of thioether (sulfide) groups is 1. The summed E-state index contributed by atoms with van der Waals surface area (Å²) in [5.41, 5.74) is 1.04. The number of methoxy groups -OCH3 is 2. The minimum absolute atomic E-state index is 0.0672. The van der Waals surface area contributed by atoms with E-state index in [1.165, 1.54) is 38.1 Å². The van der Waals surface area contributed by atoms with E-state index in [1.807, 2.05) is 13.0 Å². The molecule has 0 heterocycles. The Morgan fingerprint density at radius 2 is 1.51 bits per heavy atom. The fourth-order valence-electron chi connectivity index (χ4n) is 3.30. The Morgan fingerprint density at radius 3 is 2.11 bits per heavy atom. The molecular weight excluding hydrogens is 468 g/mol. The third-order valence-electron chi connectivity index (χ3n) is 5.05. The fraction of sp³-hybridized carbons (Fsp3) is 0.192. The molecule has 0 bridgehead atoms. The van der Waals surface area contributed by atoms with Crippen LogP contribution >= 0.6 is 11.8 Å². The molecule has 182 valence electrons. The van der Waals surface area contributed by atoms with Crippen molar-refractivity contribution in [1.29, 1.82) is 0 Å². The normalized spacial score (nSPS) is 11.3. The van der Waals surface area contributed by atoms with Crippen molar-refractivity contribution in [3.63, 3.8) is 0 Å². The van der Waals surface area contributed by atoms with Crippen molar-refractivity contribution in [2.24, 2.45) is 0 Å². The number of ether oxygens (including phenoxy) is 2. The van der Waals surface area contributed by atoms with E-state index < -0.39 is 17.1 Å². The van der Waals surface area contributed by atoms with Gasteiger partial charge in [0.15, 0.2) is 0 Å². The van der Waals surface area contributed by atoms with Crippen LogP contribution in [0.1, 0.15) is 34.1 Å². The van der Waals surface area contributed by atoms with Crippen molar-refractivity contribution in [2.75, 3.05) is 24.9 Å². The molecule has 0 aromatic heterocycles. The topological polar surface area (TPSA) is 114 Å². The summed E-state index contributed by atoms with van der Waals surface area (Å²) < 4.78 is 10.5. The Labute approximate surface area is 207 Å². The van der Waals surface area contributed by atoms with Crippen molar-refractivity contribution in [3.8, 4) is 11.5 Å². The third-order valence-corrected chi connectivity index (χ3v) is 6.41. The van der Waals surface area contributed by atoms with Gasteiger partial charge in [-0.05, 0) is 36.8 Å². The molecule has 9 heteroatoms. The molecule has 8 nitrogen and oxygen atoms in total. The average Bonchev–Trinajstić information content (AvgIpc) is 2.87. The third kappa shape index (κ3) is 6.77. The Hall–Kier alpha value is -3.98. The Bertz CT molecular complexity index is 1210. The molecule has 0 spiro atoms. The second-order valence-electron chi connectivity index (χ2n) is 7.44. The quantitative estimate of drug-likeness (QED) is 0.333. The van der Waals surface area contributed by atoms with Crippen LogP contribution in [-0.4, -0.2) is 42.4 Å². The summed E-state index contributed by atoms with van der Waals surface area (Å²) in [7, 11) is 3.08. The predicted molar refractivity (Wildman–Crippen MR) is 136 cm³/mol. The zero-order chi connectivity index (χ0) is 25.4. The van der Waals surface area contributed by atoms with Crippen LogP contribution in [0.15, 0.2) is 71.6 Å². The number of carbonyl (C=O) groups excluding carboxylic acids is 2. The van der Waals surface area contributed by atoms with Gasteiger partial charge in [-0.2, -0.15) is 0 Å². The summed E-state index contributed by atoms with van der Waals surface area (Å²) in [6.07, 6.45) is 0.570. The lowest BCUT2D eigenvalue weighted by Gasteiger charge is -2.16. The minimum Gasteiger partial charge on any atom is -0.497 e. The maximum atomic E-state index is 13.0. The van der Waals surface area contributed by atoms with Crippen molar-refractivity contribution in [2.45, 2.75) is 23.5 Å². The highest BCUT2D eigenvalue weighted by molar-refractivity contribution is 8.00. The number of hydrogen-bond acceptors (Lipinski definition) is 6. The molecule has 1 unspecified atom stereocenters. The van der Waals surface area contributed by atoms with Crippen molar-refractivity contribution >= 4 is 40.9 Å². The highest BCUT2D eigenvalue weighted by Gasteiger charge is 2.20. The lowest BCUT2D eigenvalue weighted by atomic mass is 10.1. The maximum absolute atomic E-state index is 13.0. The van der Waals surface area contributed by atoms with E-state index in [4.69, 9.17) is 9.47 Å². The van der Waals surface area contributed by atoms with Gasteiger partial charge in [0, 0.05) is 34.5 Å². The molecule has 0 fully saturated rings. The van der Waals surface area contributed by atoms with Gasteiger partial charge in [0.1, 0.15) is 11.5 Å². The number of carboxylic acids is 1. The van der Waals surface area contributed by atoms with E-state index in [1.54, 1.807) is 48.5 Å². The minimum atomic E-state index is -1.18. The maximum Gasteiger partial charge on any atom is 0.336 e. The lowest BCUT2D eigenvalue weighted by Crippen LogP contribution is -2.24. The van der Waals surface area contributed by atoms with Crippen molar-refractivity contribution in [3.05, 3.63) is 77.9 Å². The van der Waals surface area contributed by atoms with Gasteiger partial charge in [-0.1, -0.05) is 25.1 Å². The molecule has 3 aromatic rings. The number of amides is 2. The number of aromatic carboxylic acids is 1. The number of carbonyl (C=O) groups is 3. The summed E-state index contributed by atoms with van der Waals surface area (Å²) in [5.74, 6) is -0.758. The van der Waals surface area contributed by atoms with E-state index >= 15 is 0 Å². The molecule has 2 amide bonds. The smallest absolute Gasteiger partial charge is 0.336 e. The number of carboxylic acid groups (broad SMARTS) is 1. The summed E-state index contributed by atoms with van der Waals surface area (Å²) >= 11 is 1.36. The first-order valence-electron chi connectivity index (χ1n) is 10.8. The molecular formula is C26H26N2O6S. The molecule has 0 saturated heterocycles. The zero-order valence-electron chi connectivity index (χ0n) is 19.5. The number of nitrogens with one attached hydrogen (secondary N) is 2. The SMILES string of the molecule is CCC(Sc1cccc(NC(=O)c2ccccc2C(=O)O)c1)C(=O)Nc1cc(OC)cc(OC)c1. The Kier molecular flexibility index (Phi) is 8.74. The average molecular weight is 495 g/mol. The van der Waals surface area contributed by atoms with Gasteiger partial charge in [0.25, 0.3) is 5.91 Å². The highest BCUT2D eigenvalue weighted by Crippen LogP contribution is 2.30. The number of anilines is 2. The molecule has 3 N–H and O–H groups in total. The Balaban J connectivity index is 1.71. The second kappa shape index (κ2) is 11.9. The van der Waals surface area contributed by atoms with Gasteiger partial charge in [-0.15, -0.1) is 11.8 Å². The fourth-order valence-corrected chi connectivity index (χ4v) is 4.32. The standard InChI is InChI=1S/C26H26N2O6S/c1-4-23(25(30)28-17-12-18(33-2)15-19(13-17)34-3)35-20-9-7-8-16(14-20)27-24(29)21-10-5-6-11-22(21)26(31)32/h5-15,23H,4H2,1-3H3,(H,27,29)(H,28,30)(H,31,32). The van der Waals surface area contributed by atoms with Crippen LogP contribution in [0.3, 0.4) is 0 Å². The summed E-state index contributed by atoms with van der Waals surface area (Å²) in [5, 5.41) is 14.6. The zero-order valence-corrected chi connectivity index (χ0v) is 20.3. The second-order valence-corrected chi connectivity index (χ2v) is 8.71. The van der Waals surface area contributed by atoms with Gasteiger partial charge in [0.05, 0.1) is 30.6 Å². The first-order valence-corrected chi connectivity index (χ1v) is 11.7. The number of rotatable bonds is 10. The van der Waals surface area contributed by atoms with Gasteiger partial charge >= 0.3 is 5.97 Å². The largest absolute Gasteiger partial charge is 0.497 e. The van der Waals surface area contributed by atoms with Crippen LogP contribution < -0.4 is 20.1 Å². The molecule has 1 atom stereocenters. The molecule has 0 aliphatic rings. The molecule has 0 radical (unpaired) electrons. The van der Waals surface area contributed by atoms with Crippen LogP contribution in [0.5, 0.6) is 11.5 Å². The molecule has 3 rings (SSSR count). The van der Waals surface area contributed by atoms with Crippen LogP contribution in [0.25, 0.3) is 0 Å². The van der Waals surface area contributed by atoms with E-state index in [2.05, 4.69) is 10.6 Å². The van der Waals surface area contributed by atoms with Gasteiger partial charge in [-0.25, -0.2) is 4.79 Å². The lowest BCUT2D eigenvalue weighted by molar-refractivity contribution is -0.115. The van der Waals surface area contributed by atoms with Crippen LogP contribution in [0.2, 0.25) is 0 Å². The number of benzene rings is 3. The predicted octanol–water partition coefficient (Wildman–Crippen LogP) is 5.16. The Morgan fingerprint density at radius 1 is 0.857 bits per heavy atom. The van der Waals surface area contributed by atoms with E-state index in [0.29, 0.717) is 29.3 Å². The van der Waals surface area contributed by atoms with Gasteiger partial charge in [0.2, 0.25) is 5.91 Å². The highest BCUT2D eigenvalue weighted by atomic mass is 32.2. The van der Waals surface area contributed by atoms with E-state index in [-0.39, 0.29) is 17.0 Å². The first kappa shape index (κ1) is 25.6. The van der Waals surface area contributed by atoms with Crippen LogP contribution in [-0.2, 0) is 4.79 Å². The van der Waals surface area contributed by atoms with Crippen LogP contribution in [0, 0.1) is 0 Å². The molecule has 0 saturated carbocycles. The van der Waals surface area contributed by atoms with Crippen molar-refractivity contribution < 1.29 is 29.0 Å². The molecule has 0 aliphatic heterocycles. The summed E-state index contributed by atoms with van der Waals surface area (Å²) in [4.78, 5) is 37.8. The summed E-state index contributed by atoms with van der Waals surface area (Å²) in [6.45, 7) is 1.91. The molecule has 0 aliphatic carbocycles. The van der Waals surface area contributed by atoms with Gasteiger partial charge in [-0.3, -0.25) is 9.59 Å². The molecule has 3 aromatic carbocycles. The first-order chi connectivity index (χ1) is 16.8. The van der Waals surface area contributed by atoms with Crippen molar-refractivity contribution in [1.82, 2.24) is 0 Å². The van der Waals surface area contributed by atoms with Gasteiger partial charge < -0.3 is 25.2 Å². The van der Waals surface area contributed by atoms with E-state index in [9.17, 15) is 19.5 Å². The monoisotopic (exact) mass is 494 g/mol. The van der Waals surface area contributed by atoms with Crippen LogP contribution in [0.4, 0.5) is 11.4 Å². The number of hydrogen-bond donors (Lipinski definition) is 3. The summed E-state index contributed by atoms with van der Waals surface area (Å²) in [6, 6.07) is 18.2.